The molecule has 5 nitrogen and oxygen atoms in total. The van der Waals surface area contributed by atoms with Crippen molar-refractivity contribution in [2.24, 2.45) is 11.8 Å². The average molecular weight is 382 g/mol. The van der Waals surface area contributed by atoms with Gasteiger partial charge >= 0.3 is 0 Å². The molecule has 1 saturated carbocycles. The number of nitrogens with zero attached hydrogens (tertiary/aromatic N) is 3. The van der Waals surface area contributed by atoms with Gasteiger partial charge in [0.25, 0.3) is 5.91 Å². The van der Waals surface area contributed by atoms with Crippen LogP contribution in [0.4, 0.5) is 0 Å². The van der Waals surface area contributed by atoms with Crippen molar-refractivity contribution in [2.75, 3.05) is 19.6 Å². The Morgan fingerprint density at radius 1 is 1.21 bits per heavy atom. The molecule has 0 bridgehead atoms. The molecule has 1 aliphatic heterocycles. The van der Waals surface area contributed by atoms with E-state index in [1.807, 2.05) is 23.1 Å². The van der Waals surface area contributed by atoms with Gasteiger partial charge in [-0.25, -0.2) is 0 Å². The van der Waals surface area contributed by atoms with Crippen molar-refractivity contribution in [1.29, 1.82) is 0 Å². The number of rotatable bonds is 5. The highest BCUT2D eigenvalue weighted by atomic mass is 16.2. The molecule has 1 atom stereocenters. The zero-order valence-electron chi connectivity index (χ0n) is 17.2. The van der Waals surface area contributed by atoms with Gasteiger partial charge in [0, 0.05) is 55.3 Å². The van der Waals surface area contributed by atoms with E-state index < -0.39 is 0 Å². The SMILES string of the molecule is CCn1ccc2cc(C(=O)N3CCC(=O)N(CC4CC4)[C@@H](C(C)C)C3)ccc21. The minimum absolute atomic E-state index is 0.0397. The van der Waals surface area contributed by atoms with Crippen LogP contribution in [0.3, 0.4) is 0 Å². The van der Waals surface area contributed by atoms with E-state index >= 15 is 0 Å². The summed E-state index contributed by atoms with van der Waals surface area (Å²) in [5.41, 5.74) is 1.87. The van der Waals surface area contributed by atoms with Crippen LogP contribution in [0.25, 0.3) is 10.9 Å². The summed E-state index contributed by atoms with van der Waals surface area (Å²) in [6.07, 6.45) is 4.95. The monoisotopic (exact) mass is 381 g/mol. The second kappa shape index (κ2) is 7.61. The van der Waals surface area contributed by atoms with E-state index in [9.17, 15) is 9.59 Å². The Labute approximate surface area is 167 Å². The van der Waals surface area contributed by atoms with Crippen LogP contribution in [-0.2, 0) is 11.3 Å². The predicted octanol–water partition coefficient (Wildman–Crippen LogP) is 3.77. The van der Waals surface area contributed by atoms with Gasteiger partial charge in [0.1, 0.15) is 0 Å². The number of aromatic nitrogens is 1. The second-order valence-electron chi connectivity index (χ2n) is 8.68. The molecule has 1 aliphatic carbocycles. The number of aryl methyl sites for hydroxylation is 1. The molecule has 0 radical (unpaired) electrons. The van der Waals surface area contributed by atoms with Crippen molar-refractivity contribution in [2.45, 2.75) is 52.6 Å². The standard InChI is InChI=1S/C23H31N3O2/c1-4-24-11-9-18-13-19(7-8-20(18)24)23(28)25-12-10-22(27)26(14-17-5-6-17)21(15-25)16(2)3/h7-9,11,13,16-17,21H,4-6,10,12,14-15H2,1-3H3/t21-/m1/s1. The van der Waals surface area contributed by atoms with Crippen molar-refractivity contribution >= 4 is 22.7 Å². The third-order valence-electron chi connectivity index (χ3n) is 6.29. The van der Waals surface area contributed by atoms with Crippen LogP contribution >= 0.6 is 0 Å². The van der Waals surface area contributed by atoms with Crippen LogP contribution in [0, 0.1) is 11.8 Å². The zero-order valence-corrected chi connectivity index (χ0v) is 17.2. The Morgan fingerprint density at radius 3 is 2.68 bits per heavy atom. The van der Waals surface area contributed by atoms with Crippen molar-refractivity contribution < 1.29 is 9.59 Å². The summed E-state index contributed by atoms with van der Waals surface area (Å²) in [6, 6.07) is 8.12. The van der Waals surface area contributed by atoms with Crippen molar-refractivity contribution in [3.05, 3.63) is 36.0 Å². The molecule has 1 saturated heterocycles. The summed E-state index contributed by atoms with van der Waals surface area (Å²) in [5.74, 6) is 1.24. The highest BCUT2D eigenvalue weighted by molar-refractivity contribution is 5.98. The number of benzene rings is 1. The van der Waals surface area contributed by atoms with Crippen molar-refractivity contribution in [3.8, 4) is 0 Å². The van der Waals surface area contributed by atoms with Crippen LogP contribution in [0.15, 0.2) is 30.5 Å². The number of carbonyl (C=O) groups excluding carboxylic acids is 2. The van der Waals surface area contributed by atoms with E-state index in [0.29, 0.717) is 36.9 Å². The molecule has 2 amide bonds. The van der Waals surface area contributed by atoms with Crippen LogP contribution < -0.4 is 0 Å². The van der Waals surface area contributed by atoms with Gasteiger partial charge < -0.3 is 14.4 Å². The number of amides is 2. The van der Waals surface area contributed by atoms with Crippen LogP contribution in [0.1, 0.15) is 50.4 Å². The fourth-order valence-electron chi connectivity index (χ4n) is 4.34. The van der Waals surface area contributed by atoms with Gasteiger partial charge in [0.05, 0.1) is 6.04 Å². The van der Waals surface area contributed by atoms with E-state index in [4.69, 9.17) is 0 Å². The van der Waals surface area contributed by atoms with Gasteiger partial charge in [0.2, 0.25) is 5.91 Å². The topological polar surface area (TPSA) is 45.6 Å². The summed E-state index contributed by atoms with van der Waals surface area (Å²) < 4.78 is 2.18. The second-order valence-corrected chi connectivity index (χ2v) is 8.68. The molecule has 0 unspecified atom stereocenters. The molecule has 2 heterocycles. The lowest BCUT2D eigenvalue weighted by Gasteiger charge is -2.34. The maximum Gasteiger partial charge on any atom is 0.253 e. The summed E-state index contributed by atoms with van der Waals surface area (Å²) in [4.78, 5) is 30.0. The molecule has 5 heteroatoms. The molecule has 150 valence electrons. The largest absolute Gasteiger partial charge is 0.348 e. The first-order chi connectivity index (χ1) is 13.5. The predicted molar refractivity (Wildman–Crippen MR) is 111 cm³/mol. The minimum atomic E-state index is 0.0397. The van der Waals surface area contributed by atoms with E-state index in [-0.39, 0.29) is 17.9 Å². The number of carbonyl (C=O) groups is 2. The normalized spacial score (nSPS) is 20.9. The highest BCUT2D eigenvalue weighted by Crippen LogP contribution is 2.32. The molecular weight excluding hydrogens is 350 g/mol. The van der Waals surface area contributed by atoms with E-state index in [1.54, 1.807) is 0 Å². The minimum Gasteiger partial charge on any atom is -0.348 e. The molecule has 1 aromatic carbocycles. The Hall–Kier alpha value is -2.30. The molecule has 2 fully saturated rings. The van der Waals surface area contributed by atoms with E-state index in [1.165, 1.54) is 12.8 Å². The average Bonchev–Trinajstić information content (AvgIpc) is 3.44. The van der Waals surface area contributed by atoms with Crippen molar-refractivity contribution in [3.63, 3.8) is 0 Å². The Bertz CT molecular complexity index is 881. The van der Waals surface area contributed by atoms with Gasteiger partial charge in [-0.2, -0.15) is 0 Å². The molecule has 0 N–H and O–H groups in total. The molecular formula is C23H31N3O2. The number of fused-ring (bicyclic) bond motifs is 1. The third kappa shape index (κ3) is 3.67. The lowest BCUT2D eigenvalue weighted by molar-refractivity contribution is -0.133. The molecule has 0 spiro atoms. The quantitative estimate of drug-likeness (QED) is 0.791. The molecule has 4 rings (SSSR count). The number of hydrogen-bond acceptors (Lipinski definition) is 2. The molecule has 2 aromatic rings. The summed E-state index contributed by atoms with van der Waals surface area (Å²) >= 11 is 0. The van der Waals surface area contributed by atoms with Crippen molar-refractivity contribution in [1.82, 2.24) is 14.4 Å². The fraction of sp³-hybridized carbons (Fsp3) is 0.565. The van der Waals surface area contributed by atoms with Gasteiger partial charge in [-0.1, -0.05) is 13.8 Å². The molecule has 2 aliphatic rings. The Kier molecular flexibility index (Phi) is 5.17. The number of hydrogen-bond donors (Lipinski definition) is 0. The van der Waals surface area contributed by atoms with Crippen LogP contribution in [0.5, 0.6) is 0 Å². The van der Waals surface area contributed by atoms with Crippen LogP contribution in [0.2, 0.25) is 0 Å². The summed E-state index contributed by atoms with van der Waals surface area (Å²) in [7, 11) is 0. The first-order valence-electron chi connectivity index (χ1n) is 10.7. The van der Waals surface area contributed by atoms with E-state index in [2.05, 4.69) is 42.5 Å². The smallest absolute Gasteiger partial charge is 0.253 e. The van der Waals surface area contributed by atoms with Gasteiger partial charge in [-0.15, -0.1) is 0 Å². The lowest BCUT2D eigenvalue weighted by Crippen LogP contribution is -2.48. The van der Waals surface area contributed by atoms with Gasteiger partial charge in [0.15, 0.2) is 0 Å². The lowest BCUT2D eigenvalue weighted by atomic mass is 10.0. The molecule has 28 heavy (non-hydrogen) atoms. The van der Waals surface area contributed by atoms with Gasteiger partial charge in [-0.3, -0.25) is 9.59 Å². The Balaban J connectivity index is 1.57. The van der Waals surface area contributed by atoms with Gasteiger partial charge in [-0.05, 0) is 55.9 Å². The van der Waals surface area contributed by atoms with Crippen LogP contribution in [-0.4, -0.2) is 51.9 Å². The first-order valence-corrected chi connectivity index (χ1v) is 10.7. The zero-order chi connectivity index (χ0) is 19.8. The van der Waals surface area contributed by atoms with E-state index in [0.717, 1.165) is 24.0 Å². The fourth-order valence-corrected chi connectivity index (χ4v) is 4.34. The summed E-state index contributed by atoms with van der Waals surface area (Å²) in [6.45, 7) is 9.35. The third-order valence-corrected chi connectivity index (χ3v) is 6.29. The Morgan fingerprint density at radius 2 is 2.00 bits per heavy atom. The highest BCUT2D eigenvalue weighted by Gasteiger charge is 2.36. The maximum atomic E-state index is 13.3. The molecule has 1 aromatic heterocycles. The summed E-state index contributed by atoms with van der Waals surface area (Å²) in [5, 5.41) is 1.09. The first kappa shape index (κ1) is 19.0. The maximum absolute atomic E-state index is 13.3.